The zero-order valence-electron chi connectivity index (χ0n) is 16.0. The molecule has 0 heterocycles. The number of primary amides is 1. The van der Waals surface area contributed by atoms with Gasteiger partial charge in [0.2, 0.25) is 5.91 Å². The van der Waals surface area contributed by atoms with Gasteiger partial charge >= 0.3 is 5.97 Å². The third-order valence-electron chi connectivity index (χ3n) is 3.82. The number of esters is 1. The van der Waals surface area contributed by atoms with E-state index >= 15 is 0 Å². The minimum atomic E-state index is -1.35. The molecule has 9 nitrogen and oxygen atoms in total. The molecule has 0 radical (unpaired) electrons. The van der Waals surface area contributed by atoms with Crippen molar-refractivity contribution in [3.63, 3.8) is 0 Å². The molecule has 0 aliphatic heterocycles. The summed E-state index contributed by atoms with van der Waals surface area (Å²) in [6.45, 7) is -0.614. The Bertz CT molecular complexity index is 915. The number of rotatable bonds is 9. The van der Waals surface area contributed by atoms with E-state index in [4.69, 9.17) is 26.8 Å². The van der Waals surface area contributed by atoms with Gasteiger partial charge in [-0.3, -0.25) is 14.4 Å². The molecule has 2 aromatic carbocycles. The third kappa shape index (κ3) is 7.10. The number of hydrogen-bond donors (Lipinski definition) is 3. The Morgan fingerprint density at radius 1 is 1.03 bits per heavy atom. The predicted octanol–water partition coefficient (Wildman–Crippen LogP) is 1.50. The van der Waals surface area contributed by atoms with Gasteiger partial charge in [0.1, 0.15) is 11.8 Å². The summed E-state index contributed by atoms with van der Waals surface area (Å²) in [7, 11) is 1.52. The van der Waals surface area contributed by atoms with Crippen LogP contribution in [0.3, 0.4) is 0 Å². The Morgan fingerprint density at radius 2 is 1.67 bits per heavy atom. The molecule has 0 saturated heterocycles. The number of halogens is 1. The van der Waals surface area contributed by atoms with E-state index in [-0.39, 0.29) is 5.56 Å². The molecule has 2 aromatic rings. The molecule has 0 spiro atoms. The third-order valence-corrected chi connectivity index (χ3v) is 4.07. The van der Waals surface area contributed by atoms with Crippen LogP contribution in [0.2, 0.25) is 5.02 Å². The van der Waals surface area contributed by atoms with Crippen LogP contribution >= 0.6 is 11.6 Å². The molecule has 3 amide bonds. The molecule has 0 aliphatic rings. The number of benzene rings is 2. The Kier molecular flexibility index (Phi) is 8.18. The summed E-state index contributed by atoms with van der Waals surface area (Å²) in [6, 6.07) is 11.1. The summed E-state index contributed by atoms with van der Waals surface area (Å²) < 4.78 is 9.94. The van der Waals surface area contributed by atoms with Crippen molar-refractivity contribution in [3.05, 3.63) is 59.1 Å². The van der Waals surface area contributed by atoms with E-state index in [9.17, 15) is 19.2 Å². The summed E-state index contributed by atoms with van der Waals surface area (Å²) in [5.41, 5.74) is 5.84. The van der Waals surface area contributed by atoms with Crippen molar-refractivity contribution in [2.45, 2.75) is 12.5 Å². The molecule has 10 heteroatoms. The molecule has 1 atom stereocenters. The predicted molar refractivity (Wildman–Crippen MR) is 109 cm³/mol. The molecule has 0 saturated carbocycles. The first kappa shape index (κ1) is 22.7. The second-order valence-electron chi connectivity index (χ2n) is 6.09. The van der Waals surface area contributed by atoms with E-state index < -0.39 is 42.8 Å². The molecule has 0 fully saturated rings. The monoisotopic (exact) mass is 433 g/mol. The average Bonchev–Trinajstić information content (AvgIpc) is 2.72. The molecule has 2 rings (SSSR count). The topological polar surface area (TPSA) is 137 Å². The number of nitrogens with two attached hydrogens (primary N) is 1. The molecule has 0 aromatic heterocycles. The SMILES string of the molecule is COc1ccc(NC(=O)COC(=O)C(CC(N)=O)NC(=O)c2ccc(Cl)cc2)cc1. The van der Waals surface area contributed by atoms with E-state index in [1.165, 1.54) is 31.4 Å². The van der Waals surface area contributed by atoms with Gasteiger partial charge in [-0.1, -0.05) is 11.6 Å². The molecule has 1 unspecified atom stereocenters. The van der Waals surface area contributed by atoms with Crippen LogP contribution in [0, 0.1) is 0 Å². The van der Waals surface area contributed by atoms with Crippen molar-refractivity contribution in [1.82, 2.24) is 5.32 Å². The number of carbonyl (C=O) groups is 4. The van der Waals surface area contributed by atoms with Gasteiger partial charge < -0.3 is 25.8 Å². The minimum absolute atomic E-state index is 0.221. The summed E-state index contributed by atoms with van der Waals surface area (Å²) in [5, 5.41) is 5.34. The maximum atomic E-state index is 12.3. The van der Waals surface area contributed by atoms with Crippen molar-refractivity contribution in [2.24, 2.45) is 5.73 Å². The van der Waals surface area contributed by atoms with Crippen LogP contribution < -0.4 is 21.1 Å². The van der Waals surface area contributed by atoms with Crippen LogP contribution in [0.15, 0.2) is 48.5 Å². The van der Waals surface area contributed by atoms with E-state index in [1.54, 1.807) is 24.3 Å². The number of anilines is 1. The largest absolute Gasteiger partial charge is 0.497 e. The molecule has 4 N–H and O–H groups in total. The number of hydrogen-bond acceptors (Lipinski definition) is 6. The lowest BCUT2D eigenvalue weighted by Gasteiger charge is -2.16. The first-order chi connectivity index (χ1) is 14.3. The average molecular weight is 434 g/mol. The van der Waals surface area contributed by atoms with Crippen LogP contribution in [0.25, 0.3) is 0 Å². The highest BCUT2D eigenvalue weighted by Crippen LogP contribution is 2.15. The summed E-state index contributed by atoms with van der Waals surface area (Å²) in [6.07, 6.45) is -0.488. The van der Waals surface area contributed by atoms with Gasteiger partial charge in [0.15, 0.2) is 6.61 Å². The van der Waals surface area contributed by atoms with Crippen molar-refractivity contribution in [1.29, 1.82) is 0 Å². The highest BCUT2D eigenvalue weighted by molar-refractivity contribution is 6.30. The number of nitrogens with one attached hydrogen (secondary N) is 2. The van der Waals surface area contributed by atoms with Crippen molar-refractivity contribution >= 4 is 41.0 Å². The number of ether oxygens (including phenoxy) is 2. The summed E-state index contributed by atoms with van der Waals surface area (Å²) in [5.74, 6) is -2.41. The van der Waals surface area contributed by atoms with Gasteiger partial charge in [-0.05, 0) is 48.5 Å². The maximum absolute atomic E-state index is 12.3. The zero-order chi connectivity index (χ0) is 22.1. The lowest BCUT2D eigenvalue weighted by Crippen LogP contribution is -2.44. The Hall–Kier alpha value is -3.59. The highest BCUT2D eigenvalue weighted by Gasteiger charge is 2.25. The van der Waals surface area contributed by atoms with Crippen LogP contribution in [0.4, 0.5) is 5.69 Å². The first-order valence-electron chi connectivity index (χ1n) is 8.73. The van der Waals surface area contributed by atoms with Gasteiger partial charge in [-0.2, -0.15) is 0 Å². The second kappa shape index (κ2) is 10.8. The van der Waals surface area contributed by atoms with Crippen molar-refractivity contribution < 1.29 is 28.7 Å². The second-order valence-corrected chi connectivity index (χ2v) is 6.52. The fourth-order valence-electron chi connectivity index (χ4n) is 2.35. The summed E-state index contributed by atoms with van der Waals surface area (Å²) >= 11 is 5.77. The Morgan fingerprint density at radius 3 is 2.23 bits per heavy atom. The maximum Gasteiger partial charge on any atom is 0.329 e. The Labute approximate surface area is 177 Å². The quantitative estimate of drug-likeness (QED) is 0.512. The van der Waals surface area contributed by atoms with Crippen molar-refractivity contribution in [2.75, 3.05) is 19.0 Å². The van der Waals surface area contributed by atoms with Crippen LogP contribution in [0.1, 0.15) is 16.8 Å². The molecular formula is C20H20ClN3O6. The fourth-order valence-corrected chi connectivity index (χ4v) is 2.47. The van der Waals surface area contributed by atoms with Gasteiger partial charge in [-0.25, -0.2) is 4.79 Å². The number of amides is 3. The fraction of sp³-hybridized carbons (Fsp3) is 0.200. The lowest BCUT2D eigenvalue weighted by molar-refractivity contribution is -0.150. The normalized spacial score (nSPS) is 11.1. The van der Waals surface area contributed by atoms with Gasteiger partial charge in [0, 0.05) is 16.3 Å². The van der Waals surface area contributed by atoms with Gasteiger partial charge in [0.25, 0.3) is 11.8 Å². The number of methoxy groups -OCH3 is 1. The zero-order valence-corrected chi connectivity index (χ0v) is 16.8. The van der Waals surface area contributed by atoms with E-state index in [0.29, 0.717) is 16.5 Å². The standard InChI is InChI=1S/C20H20ClN3O6/c1-29-15-8-6-14(7-9-15)23-18(26)11-30-20(28)16(10-17(22)25)24-19(27)12-2-4-13(21)5-3-12/h2-9,16H,10-11H2,1H3,(H2,22,25)(H,23,26)(H,24,27). The lowest BCUT2D eigenvalue weighted by atomic mass is 10.1. The highest BCUT2D eigenvalue weighted by atomic mass is 35.5. The van der Waals surface area contributed by atoms with Crippen molar-refractivity contribution in [3.8, 4) is 5.75 Å². The minimum Gasteiger partial charge on any atom is -0.497 e. The molecular weight excluding hydrogens is 414 g/mol. The first-order valence-corrected chi connectivity index (χ1v) is 9.11. The Balaban J connectivity index is 1.93. The van der Waals surface area contributed by atoms with Crippen LogP contribution in [0.5, 0.6) is 5.75 Å². The van der Waals surface area contributed by atoms with E-state index in [1.807, 2.05) is 0 Å². The molecule has 30 heavy (non-hydrogen) atoms. The molecule has 158 valence electrons. The van der Waals surface area contributed by atoms with Gasteiger partial charge in [-0.15, -0.1) is 0 Å². The number of carbonyl (C=O) groups excluding carboxylic acids is 4. The molecule has 0 bridgehead atoms. The van der Waals surface area contributed by atoms with Crippen LogP contribution in [-0.4, -0.2) is 43.4 Å². The smallest absolute Gasteiger partial charge is 0.329 e. The van der Waals surface area contributed by atoms with Gasteiger partial charge in [0.05, 0.1) is 13.5 Å². The van der Waals surface area contributed by atoms with E-state index in [2.05, 4.69) is 10.6 Å². The molecule has 0 aliphatic carbocycles. The van der Waals surface area contributed by atoms with E-state index in [0.717, 1.165) is 0 Å². The van der Waals surface area contributed by atoms with Crippen LogP contribution in [-0.2, 0) is 19.1 Å². The summed E-state index contributed by atoms with van der Waals surface area (Å²) in [4.78, 5) is 47.8.